The summed E-state index contributed by atoms with van der Waals surface area (Å²) in [4.78, 5) is 12.1. The maximum atomic E-state index is 12.1. The van der Waals surface area contributed by atoms with Gasteiger partial charge in [0, 0.05) is 47.0 Å². The van der Waals surface area contributed by atoms with Gasteiger partial charge in [0.25, 0.3) is 0 Å². The molecule has 2 heterocycles. The first-order valence-electron chi connectivity index (χ1n) is 7.88. The molecule has 3 rings (SSSR count). The molecule has 6 nitrogen and oxygen atoms in total. The van der Waals surface area contributed by atoms with Crippen LogP contribution in [0, 0.1) is 10.5 Å². The normalized spacial score (nSPS) is 10.9. The van der Waals surface area contributed by atoms with Gasteiger partial charge in [-0.15, -0.1) is 0 Å². The molecule has 0 fully saturated rings. The highest BCUT2D eigenvalue weighted by Crippen LogP contribution is 2.25. The van der Waals surface area contributed by atoms with E-state index in [1.807, 2.05) is 13.1 Å². The highest BCUT2D eigenvalue weighted by Gasteiger charge is 2.10. The van der Waals surface area contributed by atoms with Crippen molar-refractivity contribution in [1.29, 1.82) is 0 Å². The predicted molar refractivity (Wildman–Crippen MR) is 111 cm³/mol. The second kappa shape index (κ2) is 8.41. The first-order chi connectivity index (χ1) is 12.4. The number of aromatic nitrogens is 4. The fourth-order valence-electron chi connectivity index (χ4n) is 2.39. The molecule has 0 atom stereocenters. The van der Waals surface area contributed by atoms with Crippen molar-refractivity contribution >= 4 is 57.5 Å². The van der Waals surface area contributed by atoms with Crippen molar-refractivity contribution in [2.24, 2.45) is 0 Å². The summed E-state index contributed by atoms with van der Waals surface area (Å²) in [5.74, 6) is 0.374. The number of amides is 1. The van der Waals surface area contributed by atoms with Gasteiger partial charge in [0.05, 0.1) is 15.8 Å². The lowest BCUT2D eigenvalue weighted by Gasteiger charge is -2.07. The van der Waals surface area contributed by atoms with E-state index in [0.717, 1.165) is 14.8 Å². The number of aryl methyl sites for hydroxylation is 2. The summed E-state index contributed by atoms with van der Waals surface area (Å²) in [7, 11) is 0. The standard InChI is InChI=1S/C17H16Cl2IN5O/c1-11-15(20)10-25(22-11)8-6-17(26)21-16-5-7-24(23-16)9-12-13(18)3-2-4-14(12)19/h2-5,7,10H,6,8-9H2,1H3,(H,21,23,26). The SMILES string of the molecule is Cc1nn(CCC(=O)Nc2ccn(Cc3c(Cl)cccc3Cl)n2)cc1I. The summed E-state index contributed by atoms with van der Waals surface area (Å²) in [5.41, 5.74) is 1.75. The van der Waals surface area contributed by atoms with Crippen molar-refractivity contribution in [2.75, 3.05) is 5.32 Å². The smallest absolute Gasteiger partial charge is 0.227 e. The number of rotatable bonds is 6. The topological polar surface area (TPSA) is 64.7 Å². The van der Waals surface area contributed by atoms with Crippen LogP contribution in [-0.2, 0) is 17.9 Å². The van der Waals surface area contributed by atoms with Crippen LogP contribution in [0.2, 0.25) is 10.0 Å². The molecule has 0 aliphatic carbocycles. The number of nitrogens with one attached hydrogen (secondary N) is 1. The Morgan fingerprint density at radius 3 is 2.58 bits per heavy atom. The van der Waals surface area contributed by atoms with Gasteiger partial charge in [-0.05, 0) is 41.6 Å². The van der Waals surface area contributed by atoms with Crippen molar-refractivity contribution in [1.82, 2.24) is 19.6 Å². The Balaban J connectivity index is 1.57. The Hall–Kier alpha value is -1.58. The lowest BCUT2D eigenvalue weighted by molar-refractivity contribution is -0.116. The minimum absolute atomic E-state index is 0.116. The van der Waals surface area contributed by atoms with Crippen molar-refractivity contribution in [3.05, 3.63) is 61.5 Å². The van der Waals surface area contributed by atoms with Crippen molar-refractivity contribution in [3.8, 4) is 0 Å². The number of carbonyl (C=O) groups excluding carboxylic acids is 1. The molecular formula is C17H16Cl2IN5O. The van der Waals surface area contributed by atoms with Crippen LogP contribution in [0.4, 0.5) is 5.82 Å². The molecule has 0 radical (unpaired) electrons. The van der Waals surface area contributed by atoms with Crippen molar-refractivity contribution < 1.29 is 4.79 Å². The van der Waals surface area contributed by atoms with E-state index in [9.17, 15) is 4.79 Å². The Kier molecular flexibility index (Phi) is 6.20. The minimum Gasteiger partial charge on any atom is -0.309 e. The second-order valence-electron chi connectivity index (χ2n) is 5.72. The highest BCUT2D eigenvalue weighted by molar-refractivity contribution is 14.1. The first kappa shape index (κ1) is 19.2. The number of hydrogen-bond acceptors (Lipinski definition) is 3. The van der Waals surface area contributed by atoms with Crippen LogP contribution in [0.15, 0.2) is 36.7 Å². The summed E-state index contributed by atoms with van der Waals surface area (Å²) in [6.07, 6.45) is 4.01. The Bertz CT molecular complexity index is 897. The number of carbonyl (C=O) groups is 1. The zero-order valence-corrected chi connectivity index (χ0v) is 17.6. The highest BCUT2D eigenvalue weighted by atomic mass is 127. The van der Waals surface area contributed by atoms with Crippen LogP contribution < -0.4 is 5.32 Å². The van der Waals surface area contributed by atoms with Crippen LogP contribution in [0.5, 0.6) is 0 Å². The van der Waals surface area contributed by atoms with E-state index in [-0.39, 0.29) is 5.91 Å². The Morgan fingerprint density at radius 2 is 1.92 bits per heavy atom. The van der Waals surface area contributed by atoms with Gasteiger partial charge in [-0.2, -0.15) is 10.2 Å². The zero-order chi connectivity index (χ0) is 18.7. The molecule has 0 aliphatic heterocycles. The molecule has 136 valence electrons. The maximum absolute atomic E-state index is 12.1. The number of nitrogens with zero attached hydrogens (tertiary/aromatic N) is 4. The quantitative estimate of drug-likeness (QED) is 0.508. The number of anilines is 1. The molecule has 2 aromatic heterocycles. The van der Waals surface area contributed by atoms with E-state index >= 15 is 0 Å². The summed E-state index contributed by atoms with van der Waals surface area (Å²) < 4.78 is 4.54. The molecule has 1 amide bonds. The number of halogens is 3. The third-order valence-corrected chi connectivity index (χ3v) is 5.51. The molecule has 1 aromatic carbocycles. The lowest BCUT2D eigenvalue weighted by Crippen LogP contribution is -2.15. The average Bonchev–Trinajstić information content (AvgIpc) is 3.16. The van der Waals surface area contributed by atoms with Crippen molar-refractivity contribution in [2.45, 2.75) is 26.4 Å². The van der Waals surface area contributed by atoms with Gasteiger partial charge in [-0.3, -0.25) is 14.2 Å². The van der Waals surface area contributed by atoms with E-state index < -0.39 is 0 Å². The number of benzene rings is 1. The van der Waals surface area contributed by atoms with Crippen LogP contribution in [0.1, 0.15) is 17.7 Å². The van der Waals surface area contributed by atoms with Gasteiger partial charge in [-0.25, -0.2) is 0 Å². The zero-order valence-electron chi connectivity index (χ0n) is 13.9. The number of hydrogen-bond donors (Lipinski definition) is 1. The molecule has 0 saturated heterocycles. The Morgan fingerprint density at radius 1 is 1.19 bits per heavy atom. The minimum atomic E-state index is -0.116. The molecule has 0 unspecified atom stereocenters. The van der Waals surface area contributed by atoms with Gasteiger partial charge in [-0.1, -0.05) is 29.3 Å². The van der Waals surface area contributed by atoms with E-state index in [0.29, 0.717) is 35.4 Å². The molecular weight excluding hydrogens is 488 g/mol. The fourth-order valence-corrected chi connectivity index (χ4v) is 3.34. The first-order valence-corrected chi connectivity index (χ1v) is 9.71. The fraction of sp³-hybridized carbons (Fsp3) is 0.235. The summed E-state index contributed by atoms with van der Waals surface area (Å²) in [6, 6.07) is 7.11. The monoisotopic (exact) mass is 503 g/mol. The molecule has 0 aliphatic rings. The molecule has 1 N–H and O–H groups in total. The van der Waals surface area contributed by atoms with Gasteiger partial charge < -0.3 is 5.32 Å². The van der Waals surface area contributed by atoms with Gasteiger partial charge in [0.1, 0.15) is 0 Å². The average molecular weight is 504 g/mol. The summed E-state index contributed by atoms with van der Waals surface area (Å²) in [5, 5.41) is 12.6. The third-order valence-electron chi connectivity index (χ3n) is 3.74. The molecule has 0 saturated carbocycles. The lowest BCUT2D eigenvalue weighted by atomic mass is 10.2. The van der Waals surface area contributed by atoms with Crippen LogP contribution in [-0.4, -0.2) is 25.5 Å². The largest absolute Gasteiger partial charge is 0.309 e. The summed E-state index contributed by atoms with van der Waals surface area (Å²) >= 11 is 14.6. The predicted octanol–water partition coefficient (Wildman–Crippen LogP) is 4.38. The maximum Gasteiger partial charge on any atom is 0.227 e. The molecule has 9 heteroatoms. The molecule has 0 spiro atoms. The van der Waals surface area contributed by atoms with E-state index in [2.05, 4.69) is 38.1 Å². The third kappa shape index (κ3) is 4.77. The van der Waals surface area contributed by atoms with Crippen molar-refractivity contribution in [3.63, 3.8) is 0 Å². The Labute approximate surface area is 174 Å². The van der Waals surface area contributed by atoms with E-state index in [1.165, 1.54) is 0 Å². The second-order valence-corrected chi connectivity index (χ2v) is 7.70. The molecule has 26 heavy (non-hydrogen) atoms. The van der Waals surface area contributed by atoms with Crippen LogP contribution in [0.3, 0.4) is 0 Å². The van der Waals surface area contributed by atoms with E-state index in [1.54, 1.807) is 39.8 Å². The summed E-state index contributed by atoms with van der Waals surface area (Å²) in [6.45, 7) is 2.89. The van der Waals surface area contributed by atoms with Gasteiger partial charge in [0.2, 0.25) is 5.91 Å². The molecule has 3 aromatic rings. The van der Waals surface area contributed by atoms with Crippen LogP contribution in [0.25, 0.3) is 0 Å². The molecule has 0 bridgehead atoms. The van der Waals surface area contributed by atoms with Crippen LogP contribution >= 0.6 is 45.8 Å². The van der Waals surface area contributed by atoms with Gasteiger partial charge in [0.15, 0.2) is 5.82 Å². The van der Waals surface area contributed by atoms with E-state index in [4.69, 9.17) is 23.2 Å². The van der Waals surface area contributed by atoms with Gasteiger partial charge >= 0.3 is 0 Å².